The first-order chi connectivity index (χ1) is 13.9. The first-order valence-corrected chi connectivity index (χ1v) is 8.51. The SMILES string of the molecule is CNC(=O)C(NC(=O)c1c(C)oc(-n2cccc2)c1C#N)c1ccc(F)c(F)c1. The molecule has 29 heavy (non-hydrogen) atoms. The second-order valence-electron chi connectivity index (χ2n) is 6.11. The van der Waals surface area contributed by atoms with Crippen LogP contribution in [0.3, 0.4) is 0 Å². The van der Waals surface area contributed by atoms with Crippen LogP contribution in [0.2, 0.25) is 0 Å². The summed E-state index contributed by atoms with van der Waals surface area (Å²) in [5.41, 5.74) is -0.0216. The van der Waals surface area contributed by atoms with E-state index in [-0.39, 0.29) is 28.3 Å². The fraction of sp³-hybridized carbons (Fsp3) is 0.150. The Morgan fingerprint density at radius 1 is 1.21 bits per heavy atom. The van der Waals surface area contributed by atoms with Crippen molar-refractivity contribution in [3.05, 3.63) is 76.8 Å². The van der Waals surface area contributed by atoms with Gasteiger partial charge in [-0.25, -0.2) is 8.78 Å². The predicted octanol–water partition coefficient (Wildman–Crippen LogP) is 2.75. The zero-order valence-electron chi connectivity index (χ0n) is 15.5. The maximum absolute atomic E-state index is 13.6. The van der Waals surface area contributed by atoms with E-state index in [0.717, 1.165) is 12.1 Å². The zero-order chi connectivity index (χ0) is 21.1. The number of hydrogen-bond acceptors (Lipinski definition) is 4. The standard InChI is InChI=1S/C20H16F2N4O3/c1-11-16(13(10-23)20(29-11)26-7-3-4-8-26)18(27)25-17(19(28)24-2)12-5-6-14(21)15(22)9-12/h3-9,17H,1-2H3,(H,24,28)(H,25,27). The number of amides is 2. The molecule has 0 aliphatic carbocycles. The summed E-state index contributed by atoms with van der Waals surface area (Å²) >= 11 is 0. The Bertz CT molecular complexity index is 1110. The van der Waals surface area contributed by atoms with Crippen molar-refractivity contribution in [3.63, 3.8) is 0 Å². The number of aryl methyl sites for hydroxylation is 1. The van der Waals surface area contributed by atoms with Gasteiger partial charge in [0.1, 0.15) is 29.0 Å². The summed E-state index contributed by atoms with van der Waals surface area (Å²) in [6, 6.07) is 6.97. The van der Waals surface area contributed by atoms with E-state index in [0.29, 0.717) is 0 Å². The number of nitriles is 1. The predicted molar refractivity (Wildman–Crippen MR) is 98.1 cm³/mol. The van der Waals surface area contributed by atoms with Gasteiger partial charge in [-0.1, -0.05) is 6.07 Å². The molecule has 7 nitrogen and oxygen atoms in total. The van der Waals surface area contributed by atoms with E-state index in [9.17, 15) is 23.6 Å². The Morgan fingerprint density at radius 2 is 1.90 bits per heavy atom. The first-order valence-electron chi connectivity index (χ1n) is 8.51. The van der Waals surface area contributed by atoms with Crippen LogP contribution in [-0.4, -0.2) is 23.4 Å². The normalized spacial score (nSPS) is 11.6. The molecular weight excluding hydrogens is 382 g/mol. The van der Waals surface area contributed by atoms with Gasteiger partial charge in [0.05, 0.1) is 0 Å². The van der Waals surface area contributed by atoms with Crippen LogP contribution in [0.4, 0.5) is 8.78 Å². The smallest absolute Gasteiger partial charge is 0.257 e. The van der Waals surface area contributed by atoms with Gasteiger partial charge in [0, 0.05) is 19.4 Å². The second-order valence-corrected chi connectivity index (χ2v) is 6.11. The van der Waals surface area contributed by atoms with Gasteiger partial charge in [0.25, 0.3) is 5.91 Å². The average molecular weight is 398 g/mol. The number of nitrogens with zero attached hydrogens (tertiary/aromatic N) is 2. The lowest BCUT2D eigenvalue weighted by Crippen LogP contribution is -2.39. The maximum atomic E-state index is 13.6. The molecule has 2 heterocycles. The summed E-state index contributed by atoms with van der Waals surface area (Å²) in [6.45, 7) is 1.51. The van der Waals surface area contributed by atoms with Gasteiger partial charge < -0.3 is 15.1 Å². The number of hydrogen-bond donors (Lipinski definition) is 2. The summed E-state index contributed by atoms with van der Waals surface area (Å²) in [5.74, 6) is -3.32. The van der Waals surface area contributed by atoms with E-state index >= 15 is 0 Å². The summed E-state index contributed by atoms with van der Waals surface area (Å²) in [5, 5.41) is 14.4. The van der Waals surface area contributed by atoms with E-state index in [1.165, 1.54) is 24.6 Å². The highest BCUT2D eigenvalue weighted by molar-refractivity contribution is 6.01. The van der Waals surface area contributed by atoms with E-state index in [2.05, 4.69) is 10.6 Å². The molecule has 3 aromatic rings. The van der Waals surface area contributed by atoms with Crippen molar-refractivity contribution >= 4 is 11.8 Å². The zero-order valence-corrected chi connectivity index (χ0v) is 15.5. The van der Waals surface area contributed by atoms with Crippen molar-refractivity contribution in [3.8, 4) is 12.0 Å². The van der Waals surface area contributed by atoms with E-state index in [4.69, 9.17) is 4.42 Å². The van der Waals surface area contributed by atoms with Crippen LogP contribution in [0, 0.1) is 29.9 Å². The molecule has 0 spiro atoms. The number of aromatic nitrogens is 1. The molecule has 2 amide bonds. The highest BCUT2D eigenvalue weighted by Gasteiger charge is 2.29. The minimum absolute atomic E-state index is 0.0165. The third-order valence-corrected chi connectivity index (χ3v) is 4.30. The van der Waals surface area contributed by atoms with Crippen LogP contribution in [0.15, 0.2) is 47.1 Å². The molecule has 2 N–H and O–H groups in total. The molecule has 0 aliphatic rings. The fourth-order valence-corrected chi connectivity index (χ4v) is 2.90. The molecule has 2 aromatic heterocycles. The summed E-state index contributed by atoms with van der Waals surface area (Å²) in [4.78, 5) is 25.2. The second kappa shape index (κ2) is 7.98. The summed E-state index contributed by atoms with van der Waals surface area (Å²) < 4.78 is 34.0. The number of benzene rings is 1. The third-order valence-electron chi connectivity index (χ3n) is 4.30. The van der Waals surface area contributed by atoms with Crippen LogP contribution in [0.25, 0.3) is 5.88 Å². The number of halogens is 2. The van der Waals surface area contributed by atoms with Crippen LogP contribution in [-0.2, 0) is 4.79 Å². The maximum Gasteiger partial charge on any atom is 0.257 e. The van der Waals surface area contributed by atoms with E-state index < -0.39 is 29.5 Å². The quantitative estimate of drug-likeness (QED) is 0.690. The van der Waals surface area contributed by atoms with Crippen molar-refractivity contribution in [2.75, 3.05) is 7.05 Å². The number of carbonyl (C=O) groups is 2. The molecule has 0 fully saturated rings. The van der Waals surface area contributed by atoms with Gasteiger partial charge in [0.2, 0.25) is 11.8 Å². The molecule has 0 saturated carbocycles. The van der Waals surface area contributed by atoms with Crippen molar-refractivity contribution in [1.29, 1.82) is 5.26 Å². The number of nitrogens with one attached hydrogen (secondary N) is 2. The number of likely N-dealkylation sites (N-methyl/N-ethyl adjacent to an activating group) is 1. The first kappa shape index (κ1) is 19.8. The molecule has 1 atom stereocenters. The van der Waals surface area contributed by atoms with Crippen molar-refractivity contribution in [1.82, 2.24) is 15.2 Å². The van der Waals surface area contributed by atoms with Crippen molar-refractivity contribution in [2.45, 2.75) is 13.0 Å². The Morgan fingerprint density at radius 3 is 2.48 bits per heavy atom. The molecule has 0 saturated heterocycles. The largest absolute Gasteiger partial charge is 0.443 e. The molecular formula is C20H16F2N4O3. The lowest BCUT2D eigenvalue weighted by molar-refractivity contribution is -0.122. The van der Waals surface area contributed by atoms with E-state index in [1.54, 1.807) is 24.5 Å². The average Bonchev–Trinajstić information content (AvgIpc) is 3.34. The number of furan rings is 1. The number of rotatable bonds is 5. The van der Waals surface area contributed by atoms with Gasteiger partial charge in [-0.2, -0.15) is 5.26 Å². The van der Waals surface area contributed by atoms with Crippen molar-refractivity contribution in [2.24, 2.45) is 0 Å². The molecule has 1 aromatic carbocycles. The monoisotopic (exact) mass is 398 g/mol. The minimum atomic E-state index is -1.31. The molecule has 0 aliphatic heterocycles. The molecule has 0 bridgehead atoms. The Hall–Kier alpha value is -3.93. The van der Waals surface area contributed by atoms with Gasteiger partial charge in [0.15, 0.2) is 11.6 Å². The lowest BCUT2D eigenvalue weighted by Gasteiger charge is -2.18. The highest BCUT2D eigenvalue weighted by Crippen LogP contribution is 2.26. The number of carbonyl (C=O) groups excluding carboxylic acids is 2. The minimum Gasteiger partial charge on any atom is -0.443 e. The summed E-state index contributed by atoms with van der Waals surface area (Å²) in [7, 11) is 1.34. The Kier molecular flexibility index (Phi) is 5.45. The molecule has 0 radical (unpaired) electrons. The van der Waals surface area contributed by atoms with Crippen molar-refractivity contribution < 1.29 is 22.8 Å². The molecule has 1 unspecified atom stereocenters. The fourth-order valence-electron chi connectivity index (χ4n) is 2.90. The highest BCUT2D eigenvalue weighted by atomic mass is 19.2. The van der Waals surface area contributed by atoms with Crippen LogP contribution < -0.4 is 10.6 Å². The Labute approximate surface area is 164 Å². The third kappa shape index (κ3) is 3.73. The Balaban J connectivity index is 2.00. The molecule has 3 rings (SSSR count). The van der Waals surface area contributed by atoms with Crippen LogP contribution in [0.1, 0.15) is 33.3 Å². The van der Waals surface area contributed by atoms with Crippen LogP contribution in [0.5, 0.6) is 0 Å². The lowest BCUT2D eigenvalue weighted by atomic mass is 10.0. The van der Waals surface area contributed by atoms with Gasteiger partial charge in [-0.05, 0) is 36.8 Å². The molecule has 9 heteroatoms. The topological polar surface area (TPSA) is 100 Å². The van der Waals surface area contributed by atoms with Gasteiger partial charge in [-0.15, -0.1) is 0 Å². The van der Waals surface area contributed by atoms with E-state index in [1.807, 2.05) is 6.07 Å². The summed E-state index contributed by atoms with van der Waals surface area (Å²) in [6.07, 6.45) is 3.30. The van der Waals surface area contributed by atoms with Gasteiger partial charge >= 0.3 is 0 Å². The van der Waals surface area contributed by atoms with Gasteiger partial charge in [-0.3, -0.25) is 14.2 Å². The molecule has 148 valence electrons. The van der Waals surface area contributed by atoms with Crippen LogP contribution >= 0.6 is 0 Å².